The number of likely N-dealkylation sites (tertiary alicyclic amines) is 1. The van der Waals surface area contributed by atoms with E-state index in [-0.39, 0.29) is 6.54 Å². The largest absolute Gasteiger partial charge is 0.392 e. The summed E-state index contributed by atoms with van der Waals surface area (Å²) in [6, 6.07) is 0. The lowest BCUT2D eigenvalue weighted by Gasteiger charge is -2.33. The van der Waals surface area contributed by atoms with E-state index in [0.717, 1.165) is 6.42 Å². The van der Waals surface area contributed by atoms with Crippen LogP contribution in [0.25, 0.3) is 0 Å². The fourth-order valence-electron chi connectivity index (χ4n) is 1.77. The molecule has 2 nitrogen and oxygen atoms in total. The van der Waals surface area contributed by atoms with E-state index < -0.39 is 12.5 Å². The van der Waals surface area contributed by atoms with Crippen LogP contribution in [0.3, 0.4) is 0 Å². The van der Waals surface area contributed by atoms with E-state index in [0.29, 0.717) is 19.0 Å². The Hall–Kier alpha value is -0.220. The van der Waals surface area contributed by atoms with Crippen molar-refractivity contribution in [3.05, 3.63) is 0 Å². The molecule has 0 aromatic rings. The molecule has 1 N–H and O–H groups in total. The Labute approximate surface area is 71.2 Å². The standard InChI is InChI=1S/C8H15F2NO/c1-6-2-7(12)4-11(3-6)5-8(9)10/h6-8,12H,2-5H2,1H3/t6-,7+/m1/s1. The van der Waals surface area contributed by atoms with E-state index >= 15 is 0 Å². The molecule has 1 heterocycles. The summed E-state index contributed by atoms with van der Waals surface area (Å²) in [6.45, 7) is 2.85. The van der Waals surface area contributed by atoms with Gasteiger partial charge in [0, 0.05) is 13.1 Å². The van der Waals surface area contributed by atoms with E-state index in [9.17, 15) is 13.9 Å². The number of hydrogen-bond donors (Lipinski definition) is 1. The Morgan fingerprint density at radius 1 is 1.50 bits per heavy atom. The van der Waals surface area contributed by atoms with Crippen LogP contribution in [0.15, 0.2) is 0 Å². The molecule has 0 aromatic heterocycles. The smallest absolute Gasteiger partial charge is 0.251 e. The highest BCUT2D eigenvalue weighted by atomic mass is 19.3. The van der Waals surface area contributed by atoms with Gasteiger partial charge in [-0.05, 0) is 12.3 Å². The van der Waals surface area contributed by atoms with Gasteiger partial charge in [0.15, 0.2) is 0 Å². The molecule has 1 rings (SSSR count). The maximum atomic E-state index is 12.0. The van der Waals surface area contributed by atoms with Gasteiger partial charge < -0.3 is 5.11 Å². The minimum Gasteiger partial charge on any atom is -0.392 e. The zero-order valence-electron chi connectivity index (χ0n) is 7.21. The van der Waals surface area contributed by atoms with Crippen molar-refractivity contribution in [3.63, 3.8) is 0 Å². The van der Waals surface area contributed by atoms with Crippen molar-refractivity contribution in [2.24, 2.45) is 5.92 Å². The normalized spacial score (nSPS) is 32.8. The van der Waals surface area contributed by atoms with Gasteiger partial charge in [-0.25, -0.2) is 8.78 Å². The summed E-state index contributed by atoms with van der Waals surface area (Å²) < 4.78 is 23.9. The molecule has 4 heteroatoms. The van der Waals surface area contributed by atoms with Crippen molar-refractivity contribution in [2.45, 2.75) is 25.9 Å². The van der Waals surface area contributed by atoms with Gasteiger partial charge in [0.2, 0.25) is 0 Å². The summed E-state index contributed by atoms with van der Waals surface area (Å²) in [6.07, 6.45) is -1.98. The number of aliphatic hydroxyl groups is 1. The molecule has 0 bridgehead atoms. The van der Waals surface area contributed by atoms with Crippen molar-refractivity contribution in [1.29, 1.82) is 0 Å². The first-order chi connectivity index (χ1) is 5.58. The monoisotopic (exact) mass is 179 g/mol. The zero-order valence-corrected chi connectivity index (χ0v) is 7.21. The molecule has 72 valence electrons. The molecule has 1 saturated heterocycles. The van der Waals surface area contributed by atoms with Crippen LogP contribution in [0.5, 0.6) is 0 Å². The maximum Gasteiger partial charge on any atom is 0.251 e. The molecule has 0 saturated carbocycles. The highest BCUT2D eigenvalue weighted by Gasteiger charge is 2.24. The fraction of sp³-hybridized carbons (Fsp3) is 1.00. The predicted octanol–water partition coefficient (Wildman–Crippen LogP) is 0.954. The third kappa shape index (κ3) is 3.03. The number of hydrogen-bond acceptors (Lipinski definition) is 2. The molecule has 1 fully saturated rings. The quantitative estimate of drug-likeness (QED) is 0.682. The average Bonchev–Trinajstić information content (AvgIpc) is 1.81. The first-order valence-corrected chi connectivity index (χ1v) is 4.26. The van der Waals surface area contributed by atoms with Crippen LogP contribution in [0.1, 0.15) is 13.3 Å². The number of halogens is 2. The lowest BCUT2D eigenvalue weighted by molar-refractivity contribution is 0.0106. The third-order valence-electron chi connectivity index (χ3n) is 2.11. The first kappa shape index (κ1) is 9.86. The lowest BCUT2D eigenvalue weighted by Crippen LogP contribution is -2.44. The number of alkyl halides is 2. The van der Waals surface area contributed by atoms with E-state index in [1.165, 1.54) is 0 Å². The molecule has 0 spiro atoms. The second-order valence-electron chi connectivity index (χ2n) is 3.60. The Bertz CT molecular complexity index is 130. The molecule has 2 atom stereocenters. The molecule has 0 aliphatic carbocycles. The van der Waals surface area contributed by atoms with Crippen LogP contribution in [0.2, 0.25) is 0 Å². The number of aliphatic hydroxyl groups excluding tert-OH is 1. The molecule has 0 aromatic carbocycles. The van der Waals surface area contributed by atoms with Gasteiger partial charge in [-0.3, -0.25) is 4.90 Å². The summed E-state index contributed by atoms with van der Waals surface area (Å²) in [5.74, 6) is 0.326. The minimum absolute atomic E-state index is 0.207. The topological polar surface area (TPSA) is 23.5 Å². The maximum absolute atomic E-state index is 12.0. The van der Waals surface area contributed by atoms with Crippen molar-refractivity contribution in [3.8, 4) is 0 Å². The van der Waals surface area contributed by atoms with Gasteiger partial charge in [0.05, 0.1) is 12.6 Å². The summed E-state index contributed by atoms with van der Waals surface area (Å²) >= 11 is 0. The number of rotatable bonds is 2. The zero-order chi connectivity index (χ0) is 9.14. The highest BCUT2D eigenvalue weighted by molar-refractivity contribution is 4.76. The second kappa shape index (κ2) is 4.14. The van der Waals surface area contributed by atoms with Crippen molar-refractivity contribution in [2.75, 3.05) is 19.6 Å². The average molecular weight is 179 g/mol. The van der Waals surface area contributed by atoms with Crippen LogP contribution in [-0.4, -0.2) is 42.2 Å². The van der Waals surface area contributed by atoms with Crippen molar-refractivity contribution < 1.29 is 13.9 Å². The molecule has 12 heavy (non-hydrogen) atoms. The highest BCUT2D eigenvalue weighted by Crippen LogP contribution is 2.16. The van der Waals surface area contributed by atoms with Crippen molar-refractivity contribution >= 4 is 0 Å². The Kier molecular flexibility index (Phi) is 3.40. The molecular formula is C8H15F2NO. The summed E-state index contributed by atoms with van der Waals surface area (Å²) in [5.41, 5.74) is 0. The van der Waals surface area contributed by atoms with Crippen LogP contribution < -0.4 is 0 Å². The molecule has 1 aliphatic heterocycles. The van der Waals surface area contributed by atoms with E-state index in [1.807, 2.05) is 6.92 Å². The third-order valence-corrected chi connectivity index (χ3v) is 2.11. The van der Waals surface area contributed by atoms with E-state index in [4.69, 9.17) is 0 Å². The number of nitrogens with zero attached hydrogens (tertiary/aromatic N) is 1. The van der Waals surface area contributed by atoms with Gasteiger partial charge >= 0.3 is 0 Å². The molecule has 0 unspecified atom stereocenters. The van der Waals surface area contributed by atoms with Gasteiger partial charge in [-0.1, -0.05) is 6.92 Å². The van der Waals surface area contributed by atoms with Crippen LogP contribution in [0, 0.1) is 5.92 Å². The molecule has 1 aliphatic rings. The molecular weight excluding hydrogens is 164 g/mol. The summed E-state index contributed by atoms with van der Waals surface area (Å²) in [4.78, 5) is 1.63. The SMILES string of the molecule is C[C@@H]1C[C@H](O)CN(CC(F)F)C1. The van der Waals surface area contributed by atoms with Crippen molar-refractivity contribution in [1.82, 2.24) is 4.90 Å². The number of β-amino-alcohol motifs (C(OH)–C–C–N with tert-alkyl or cyclic N) is 1. The van der Waals surface area contributed by atoms with Gasteiger partial charge in [-0.15, -0.1) is 0 Å². The summed E-state index contributed by atoms with van der Waals surface area (Å²) in [5, 5.41) is 9.28. The Balaban J connectivity index is 2.34. The lowest BCUT2D eigenvalue weighted by atomic mass is 9.98. The van der Waals surface area contributed by atoms with Crippen LogP contribution >= 0.6 is 0 Å². The van der Waals surface area contributed by atoms with E-state index in [2.05, 4.69) is 0 Å². The fourth-order valence-corrected chi connectivity index (χ4v) is 1.77. The van der Waals surface area contributed by atoms with Gasteiger partial charge in [-0.2, -0.15) is 0 Å². The van der Waals surface area contributed by atoms with Crippen LogP contribution in [-0.2, 0) is 0 Å². The molecule has 0 amide bonds. The summed E-state index contributed by atoms with van der Waals surface area (Å²) in [7, 11) is 0. The van der Waals surface area contributed by atoms with Gasteiger partial charge in [0.1, 0.15) is 0 Å². The Morgan fingerprint density at radius 2 is 2.17 bits per heavy atom. The van der Waals surface area contributed by atoms with Gasteiger partial charge in [0.25, 0.3) is 6.43 Å². The predicted molar refractivity (Wildman–Crippen MR) is 42.2 cm³/mol. The first-order valence-electron chi connectivity index (χ1n) is 4.26. The Morgan fingerprint density at radius 3 is 2.67 bits per heavy atom. The number of piperidine rings is 1. The van der Waals surface area contributed by atoms with Crippen LogP contribution in [0.4, 0.5) is 8.78 Å². The van der Waals surface area contributed by atoms with E-state index in [1.54, 1.807) is 4.90 Å². The second-order valence-corrected chi connectivity index (χ2v) is 3.60. The molecule has 0 radical (unpaired) electrons. The minimum atomic E-state index is -2.29.